The highest BCUT2D eigenvalue weighted by Crippen LogP contribution is 2.43. The predicted octanol–water partition coefficient (Wildman–Crippen LogP) is 18.7. The van der Waals surface area contributed by atoms with Gasteiger partial charge in [-0.05, 0) is 144 Å². The van der Waals surface area contributed by atoms with Crippen molar-refractivity contribution in [1.29, 1.82) is 5.26 Å². The van der Waals surface area contributed by atoms with Gasteiger partial charge in [0.25, 0.3) is 0 Å². The maximum Gasteiger partial charge on any atom is 0.187 e. The van der Waals surface area contributed by atoms with E-state index in [-0.39, 0.29) is 0 Å². The van der Waals surface area contributed by atoms with Crippen molar-refractivity contribution in [3.63, 3.8) is 0 Å². The molecule has 0 aliphatic rings. The lowest BCUT2D eigenvalue weighted by Crippen LogP contribution is -2.09. The van der Waals surface area contributed by atoms with E-state index < -0.39 is 0 Å². The fourth-order valence-corrected chi connectivity index (χ4v) is 9.92. The Kier molecular flexibility index (Phi) is 12.3. The van der Waals surface area contributed by atoms with Crippen molar-refractivity contribution in [3.8, 4) is 56.8 Å². The highest BCUT2D eigenvalue weighted by molar-refractivity contribution is 6.12. The summed E-state index contributed by atoms with van der Waals surface area (Å²) in [4.78, 5) is 25.3. The van der Waals surface area contributed by atoms with Crippen LogP contribution in [0.15, 0.2) is 249 Å². The van der Waals surface area contributed by atoms with Crippen LogP contribution in [0.5, 0.6) is 0 Å². The van der Waals surface area contributed by atoms with E-state index in [0.29, 0.717) is 34.1 Å². The second-order valence-corrected chi connectivity index (χ2v) is 18.3. The monoisotopic (exact) mass is 983 g/mol. The molecule has 0 spiro atoms. The third-order valence-electron chi connectivity index (χ3n) is 13.6. The van der Waals surface area contributed by atoms with E-state index in [2.05, 4.69) is 144 Å². The number of fused-ring (bicyclic) bond motifs is 3. The Bertz CT molecular complexity index is 4120. The van der Waals surface area contributed by atoms with E-state index in [1.54, 1.807) is 18.2 Å². The van der Waals surface area contributed by atoms with Gasteiger partial charge in [0.2, 0.25) is 0 Å². The lowest BCUT2D eigenvalue weighted by atomic mass is 10.0. The Morgan fingerprint density at radius 2 is 0.805 bits per heavy atom. The second-order valence-electron chi connectivity index (χ2n) is 18.3. The molecule has 10 aromatic carbocycles. The van der Waals surface area contributed by atoms with Gasteiger partial charge in [0.05, 0.1) is 53.8 Å². The first-order valence-electron chi connectivity index (χ1n) is 24.8. The van der Waals surface area contributed by atoms with E-state index in [9.17, 15) is 5.26 Å². The van der Waals surface area contributed by atoms with Crippen LogP contribution in [0.3, 0.4) is 0 Å². The molecule has 0 amide bonds. The minimum Gasteiger partial charge on any atom is -0.311 e. The largest absolute Gasteiger partial charge is 0.311 e. The molecule has 12 aromatic rings. The Morgan fingerprint density at radius 1 is 0.364 bits per heavy atom. The smallest absolute Gasteiger partial charge is 0.187 e. The summed E-state index contributed by atoms with van der Waals surface area (Å²) >= 11 is 0. The fourth-order valence-electron chi connectivity index (χ4n) is 9.92. The van der Waals surface area contributed by atoms with Crippen LogP contribution in [0, 0.1) is 31.0 Å². The maximum absolute atomic E-state index is 9.67. The number of rotatable bonds is 11. The molecular weight excluding hydrogens is 943 g/mol. The standard InChI is InChI=1S/C68H41N9/c1-70-52-28-34-58(35-29-52)76(56-18-8-5-9-19-56)61-37-39-67-63(43-61)62-42-60(75(55-16-6-4-7-17-55)57-30-20-46(45-69)21-31-57)36-38-66(62)77(67)59-32-26-48(27-33-59)47-22-24-49(25-23-47)64-44-65(50-12-10-14-53(40-50)71-2)74-68(73-64)51-13-11-15-54(41-51)72-3/h4-44H. The summed E-state index contributed by atoms with van der Waals surface area (Å²) in [7, 11) is 0. The van der Waals surface area contributed by atoms with Crippen LogP contribution >= 0.6 is 0 Å². The van der Waals surface area contributed by atoms with Crippen LogP contribution in [0.2, 0.25) is 0 Å². The summed E-state index contributed by atoms with van der Waals surface area (Å²) < 4.78 is 2.32. The predicted molar refractivity (Wildman–Crippen MR) is 311 cm³/mol. The van der Waals surface area contributed by atoms with Gasteiger partial charge in [-0.15, -0.1) is 0 Å². The number of benzene rings is 10. The lowest BCUT2D eigenvalue weighted by Gasteiger charge is -2.26. The second kappa shape index (κ2) is 20.3. The first-order valence-corrected chi connectivity index (χ1v) is 24.8. The van der Waals surface area contributed by atoms with Gasteiger partial charge in [-0.25, -0.2) is 24.5 Å². The molecule has 77 heavy (non-hydrogen) atoms. The van der Waals surface area contributed by atoms with Crippen LogP contribution in [0.4, 0.5) is 51.2 Å². The Balaban J connectivity index is 0.957. The van der Waals surface area contributed by atoms with Crippen LogP contribution in [0.25, 0.3) is 87.1 Å². The van der Waals surface area contributed by atoms with E-state index in [4.69, 9.17) is 29.7 Å². The molecule has 0 saturated carbocycles. The number of nitrogens with zero attached hydrogens (tertiary/aromatic N) is 9. The van der Waals surface area contributed by atoms with Crippen molar-refractivity contribution in [3.05, 3.63) is 289 Å². The van der Waals surface area contributed by atoms with Gasteiger partial charge >= 0.3 is 0 Å². The van der Waals surface area contributed by atoms with Crippen molar-refractivity contribution < 1.29 is 0 Å². The summed E-state index contributed by atoms with van der Waals surface area (Å²) in [5.74, 6) is 0.494. The van der Waals surface area contributed by atoms with Gasteiger partial charge in [-0.3, -0.25) is 0 Å². The molecule has 0 unspecified atom stereocenters. The maximum atomic E-state index is 9.67. The SMILES string of the molecule is [C-]#[N+]c1ccc(N(c2ccccc2)c2ccc3c(c2)c2cc(N(c4ccccc4)c4ccc(C#N)cc4)ccc2n3-c2ccc(-c3ccc(-c4cc(-c5cccc([N+]#[C-])c5)nc(-c5cccc([N+]#[C-])c5)n4)cc3)cc2)cc1. The van der Waals surface area contributed by atoms with Gasteiger partial charge in [0.1, 0.15) is 0 Å². The molecule has 0 atom stereocenters. The van der Waals surface area contributed by atoms with Crippen LogP contribution in [-0.4, -0.2) is 14.5 Å². The lowest BCUT2D eigenvalue weighted by molar-refractivity contribution is 1.18. The van der Waals surface area contributed by atoms with Crippen molar-refractivity contribution in [2.45, 2.75) is 0 Å². The molecule has 2 aromatic heterocycles. The molecule has 2 heterocycles. The third kappa shape index (κ3) is 9.13. The highest BCUT2D eigenvalue weighted by atomic mass is 15.2. The number of hydrogen-bond acceptors (Lipinski definition) is 5. The normalized spacial score (nSPS) is 10.8. The van der Waals surface area contributed by atoms with Gasteiger partial charge < -0.3 is 14.4 Å². The summed E-state index contributed by atoms with van der Waals surface area (Å²) in [6.45, 7) is 22.8. The summed E-state index contributed by atoms with van der Waals surface area (Å²) in [5, 5.41) is 11.8. The third-order valence-corrected chi connectivity index (χ3v) is 13.6. The van der Waals surface area contributed by atoms with E-state index in [1.807, 2.05) is 121 Å². The van der Waals surface area contributed by atoms with Crippen molar-refractivity contribution in [2.24, 2.45) is 0 Å². The van der Waals surface area contributed by atoms with Gasteiger partial charge in [0, 0.05) is 61.7 Å². The first-order chi connectivity index (χ1) is 37.9. The van der Waals surface area contributed by atoms with E-state index in [0.717, 1.165) is 95.1 Å². The van der Waals surface area contributed by atoms with Crippen molar-refractivity contribution in [1.82, 2.24) is 14.5 Å². The quantitative estimate of drug-likeness (QED) is 0.121. The molecule has 0 aliphatic heterocycles. The molecule has 12 rings (SSSR count). The molecule has 0 radical (unpaired) electrons. The summed E-state index contributed by atoms with van der Waals surface area (Å²) in [5.41, 5.74) is 17.0. The number of aromatic nitrogens is 3. The van der Waals surface area contributed by atoms with E-state index in [1.165, 1.54) is 0 Å². The van der Waals surface area contributed by atoms with Gasteiger partial charge in [0.15, 0.2) is 22.9 Å². The summed E-state index contributed by atoms with van der Waals surface area (Å²) in [6.07, 6.45) is 0. The highest BCUT2D eigenvalue weighted by Gasteiger charge is 2.21. The minimum absolute atomic E-state index is 0.494. The number of anilines is 6. The average Bonchev–Trinajstić information content (AvgIpc) is 3.84. The Labute approximate surface area is 445 Å². The minimum atomic E-state index is 0.494. The number of nitriles is 1. The van der Waals surface area contributed by atoms with E-state index >= 15 is 0 Å². The molecule has 358 valence electrons. The van der Waals surface area contributed by atoms with Crippen molar-refractivity contribution in [2.75, 3.05) is 9.80 Å². The van der Waals surface area contributed by atoms with Crippen LogP contribution in [-0.2, 0) is 0 Å². The Hall–Kier alpha value is -11.4. The zero-order chi connectivity index (χ0) is 52.2. The zero-order valence-corrected chi connectivity index (χ0v) is 41.2. The van der Waals surface area contributed by atoms with Gasteiger partial charge in [-0.1, -0.05) is 121 Å². The molecule has 0 N–H and O–H groups in total. The average molecular weight is 984 g/mol. The zero-order valence-electron chi connectivity index (χ0n) is 41.2. The Morgan fingerprint density at radius 3 is 1.32 bits per heavy atom. The van der Waals surface area contributed by atoms with Gasteiger partial charge in [-0.2, -0.15) is 5.26 Å². The molecular formula is C68H41N9. The molecule has 9 nitrogen and oxygen atoms in total. The first kappa shape index (κ1) is 46.7. The summed E-state index contributed by atoms with van der Waals surface area (Å²) in [6, 6.07) is 85.1. The topological polar surface area (TPSA) is 74.1 Å². The molecule has 0 bridgehead atoms. The molecule has 0 saturated heterocycles. The molecule has 9 heteroatoms. The fraction of sp³-hybridized carbons (Fsp3) is 0. The van der Waals surface area contributed by atoms with Crippen LogP contribution in [0.1, 0.15) is 5.56 Å². The number of hydrogen-bond donors (Lipinski definition) is 0. The number of para-hydroxylation sites is 2. The van der Waals surface area contributed by atoms with Crippen LogP contribution < -0.4 is 9.80 Å². The van der Waals surface area contributed by atoms with Crippen molar-refractivity contribution >= 4 is 73.0 Å². The molecule has 0 fully saturated rings. The molecule has 0 aliphatic carbocycles.